The van der Waals surface area contributed by atoms with Crippen LogP contribution in [0.3, 0.4) is 0 Å². The molecular weight excluding hydrogens is 332 g/mol. The van der Waals surface area contributed by atoms with Crippen LogP contribution in [0.1, 0.15) is 25.8 Å². The second kappa shape index (κ2) is 7.88. The highest BCUT2D eigenvalue weighted by atomic mass is 19.2. The zero-order chi connectivity index (χ0) is 18.6. The van der Waals surface area contributed by atoms with Crippen molar-refractivity contribution in [3.8, 4) is 0 Å². The van der Waals surface area contributed by atoms with Crippen molar-refractivity contribution >= 4 is 11.8 Å². The Morgan fingerprint density at radius 3 is 2.76 bits per heavy atom. The van der Waals surface area contributed by atoms with Crippen LogP contribution >= 0.6 is 0 Å². The van der Waals surface area contributed by atoms with E-state index in [0.29, 0.717) is 18.7 Å². The second-order valence-electron chi connectivity index (χ2n) is 6.82. The van der Waals surface area contributed by atoms with Crippen LogP contribution < -0.4 is 10.6 Å². The number of hydrogen-bond acceptors (Lipinski definition) is 4. The third kappa shape index (κ3) is 5.20. The number of amides is 2. The summed E-state index contributed by atoms with van der Waals surface area (Å²) < 4.78 is 26.4. The number of aliphatic hydroxyl groups excluding tert-OH is 1. The van der Waals surface area contributed by atoms with Crippen molar-refractivity contribution in [1.29, 1.82) is 0 Å². The number of nitrogens with zero attached hydrogens (tertiary/aromatic N) is 1. The number of aliphatic hydroxyl groups is 1. The summed E-state index contributed by atoms with van der Waals surface area (Å²) in [5, 5.41) is 14.6. The van der Waals surface area contributed by atoms with Gasteiger partial charge in [-0.15, -0.1) is 0 Å². The minimum atomic E-state index is -0.946. The molecule has 3 N–H and O–H groups in total. The first-order valence-corrected chi connectivity index (χ1v) is 8.09. The van der Waals surface area contributed by atoms with Gasteiger partial charge in [-0.25, -0.2) is 8.78 Å². The predicted molar refractivity (Wildman–Crippen MR) is 87.5 cm³/mol. The number of benzene rings is 1. The minimum Gasteiger partial charge on any atom is -0.394 e. The van der Waals surface area contributed by atoms with E-state index in [-0.39, 0.29) is 31.4 Å². The Hall–Kier alpha value is -2.06. The molecule has 1 aromatic carbocycles. The van der Waals surface area contributed by atoms with E-state index >= 15 is 0 Å². The first-order valence-electron chi connectivity index (χ1n) is 8.09. The summed E-state index contributed by atoms with van der Waals surface area (Å²) in [7, 11) is 0. The fourth-order valence-electron chi connectivity index (χ4n) is 2.69. The Morgan fingerprint density at radius 2 is 2.12 bits per heavy atom. The summed E-state index contributed by atoms with van der Waals surface area (Å²) in [6.07, 6.45) is -0.0844. The highest BCUT2D eigenvalue weighted by Crippen LogP contribution is 2.16. The molecule has 0 radical (unpaired) electrons. The van der Waals surface area contributed by atoms with E-state index in [1.807, 2.05) is 0 Å². The Kier molecular flexibility index (Phi) is 6.07. The average molecular weight is 355 g/mol. The van der Waals surface area contributed by atoms with Crippen LogP contribution in [0.4, 0.5) is 8.78 Å². The van der Waals surface area contributed by atoms with Crippen molar-refractivity contribution in [3.05, 3.63) is 35.4 Å². The Bertz CT molecular complexity index is 652. The smallest absolute Gasteiger partial charge is 0.237 e. The third-order valence-corrected chi connectivity index (χ3v) is 4.06. The van der Waals surface area contributed by atoms with E-state index in [1.54, 1.807) is 18.7 Å². The molecule has 1 aromatic rings. The van der Waals surface area contributed by atoms with Gasteiger partial charge in [0.15, 0.2) is 11.6 Å². The van der Waals surface area contributed by atoms with Gasteiger partial charge in [0.1, 0.15) is 0 Å². The summed E-state index contributed by atoms with van der Waals surface area (Å²) in [5.74, 6) is -2.53. The zero-order valence-electron chi connectivity index (χ0n) is 14.3. The van der Waals surface area contributed by atoms with Crippen molar-refractivity contribution in [1.82, 2.24) is 15.5 Å². The van der Waals surface area contributed by atoms with Gasteiger partial charge in [-0.1, -0.05) is 6.07 Å². The topological polar surface area (TPSA) is 81.7 Å². The van der Waals surface area contributed by atoms with E-state index in [2.05, 4.69) is 10.6 Å². The number of carbonyl (C=O) groups excluding carboxylic acids is 2. The molecule has 25 heavy (non-hydrogen) atoms. The molecule has 138 valence electrons. The average Bonchev–Trinajstić information content (AvgIpc) is 2.54. The number of piperazine rings is 1. The van der Waals surface area contributed by atoms with Crippen molar-refractivity contribution in [2.45, 2.75) is 38.4 Å². The van der Waals surface area contributed by atoms with E-state index in [4.69, 9.17) is 0 Å². The van der Waals surface area contributed by atoms with Gasteiger partial charge in [0.05, 0.1) is 24.6 Å². The highest BCUT2D eigenvalue weighted by Gasteiger charge is 2.32. The Morgan fingerprint density at radius 1 is 1.40 bits per heavy atom. The normalized spacial score (nSPS) is 18.8. The quantitative estimate of drug-likeness (QED) is 0.696. The maximum Gasteiger partial charge on any atom is 0.237 e. The molecule has 1 fully saturated rings. The highest BCUT2D eigenvalue weighted by molar-refractivity contribution is 5.89. The lowest BCUT2D eigenvalue weighted by molar-refractivity contribution is -0.135. The largest absolute Gasteiger partial charge is 0.394 e. The molecule has 2 rings (SSSR count). The van der Waals surface area contributed by atoms with Gasteiger partial charge in [0, 0.05) is 19.6 Å². The molecule has 8 heteroatoms. The Balaban J connectivity index is 2.08. The van der Waals surface area contributed by atoms with Crippen LogP contribution in [0.5, 0.6) is 0 Å². The molecule has 0 bridgehead atoms. The molecule has 1 heterocycles. The van der Waals surface area contributed by atoms with E-state index < -0.39 is 23.2 Å². The van der Waals surface area contributed by atoms with Crippen LogP contribution in [0.15, 0.2) is 18.2 Å². The summed E-state index contributed by atoms with van der Waals surface area (Å²) in [6, 6.07) is 2.88. The van der Waals surface area contributed by atoms with Crippen LogP contribution in [0, 0.1) is 11.6 Å². The van der Waals surface area contributed by atoms with E-state index in [1.165, 1.54) is 6.07 Å². The van der Waals surface area contributed by atoms with Crippen molar-refractivity contribution in [2.75, 3.05) is 19.7 Å². The minimum absolute atomic E-state index is 0.0844. The molecule has 1 aliphatic rings. The van der Waals surface area contributed by atoms with Crippen LogP contribution in [-0.2, 0) is 16.1 Å². The van der Waals surface area contributed by atoms with Crippen LogP contribution in [-0.4, -0.2) is 53.1 Å². The number of rotatable bonds is 6. The lowest BCUT2D eigenvalue weighted by Gasteiger charge is -2.35. The summed E-state index contributed by atoms with van der Waals surface area (Å²) in [6.45, 7) is 4.25. The maximum atomic E-state index is 13.4. The molecule has 0 spiro atoms. The van der Waals surface area contributed by atoms with Gasteiger partial charge in [-0.3, -0.25) is 14.5 Å². The van der Waals surface area contributed by atoms with Crippen LogP contribution in [0.2, 0.25) is 0 Å². The Labute approximate surface area is 145 Å². The maximum absolute atomic E-state index is 13.4. The van der Waals surface area contributed by atoms with Gasteiger partial charge in [-0.2, -0.15) is 0 Å². The lowest BCUT2D eigenvalue weighted by Crippen LogP contribution is -2.57. The SMILES string of the molecule is CC(C)(CO)NC(=O)C[C@H]1C(=O)NCCN1Cc1ccc(F)c(F)c1. The van der Waals surface area contributed by atoms with E-state index in [0.717, 1.165) is 12.1 Å². The third-order valence-electron chi connectivity index (χ3n) is 4.06. The molecule has 2 amide bonds. The molecule has 1 atom stereocenters. The van der Waals surface area contributed by atoms with E-state index in [9.17, 15) is 23.5 Å². The van der Waals surface area contributed by atoms with Gasteiger partial charge >= 0.3 is 0 Å². The molecule has 6 nitrogen and oxygen atoms in total. The summed E-state index contributed by atoms with van der Waals surface area (Å²) >= 11 is 0. The van der Waals surface area contributed by atoms with Gasteiger partial charge in [-0.05, 0) is 31.5 Å². The first-order chi connectivity index (χ1) is 11.7. The van der Waals surface area contributed by atoms with Crippen LogP contribution in [0.25, 0.3) is 0 Å². The zero-order valence-corrected chi connectivity index (χ0v) is 14.3. The second-order valence-corrected chi connectivity index (χ2v) is 6.82. The molecule has 0 unspecified atom stereocenters. The molecular formula is C17H23F2N3O3. The lowest BCUT2D eigenvalue weighted by atomic mass is 10.0. The molecule has 1 saturated heterocycles. The number of nitrogens with one attached hydrogen (secondary N) is 2. The molecule has 0 saturated carbocycles. The summed E-state index contributed by atoms with van der Waals surface area (Å²) in [5.41, 5.74) is -0.262. The fourth-order valence-corrected chi connectivity index (χ4v) is 2.69. The number of halogens is 2. The molecule has 1 aliphatic heterocycles. The van der Waals surface area contributed by atoms with Crippen molar-refractivity contribution in [2.24, 2.45) is 0 Å². The number of hydrogen-bond donors (Lipinski definition) is 3. The van der Waals surface area contributed by atoms with Gasteiger partial charge in [0.2, 0.25) is 11.8 Å². The molecule has 0 aromatic heterocycles. The standard InChI is InChI=1S/C17H23F2N3O3/c1-17(2,10-23)21-15(24)8-14-16(25)20-5-6-22(14)9-11-3-4-12(18)13(19)7-11/h3-4,7,14,23H,5-6,8-10H2,1-2H3,(H,20,25)(H,21,24)/t14-/m0/s1. The summed E-state index contributed by atoms with van der Waals surface area (Å²) in [4.78, 5) is 26.1. The fraction of sp³-hybridized carbons (Fsp3) is 0.529. The first kappa shape index (κ1) is 19.3. The van der Waals surface area contributed by atoms with Crippen molar-refractivity contribution < 1.29 is 23.5 Å². The molecule has 0 aliphatic carbocycles. The van der Waals surface area contributed by atoms with Gasteiger partial charge < -0.3 is 15.7 Å². The van der Waals surface area contributed by atoms with Crippen molar-refractivity contribution in [3.63, 3.8) is 0 Å². The monoisotopic (exact) mass is 355 g/mol. The number of carbonyl (C=O) groups is 2. The predicted octanol–water partition coefficient (Wildman–Crippen LogP) is 0.542. The van der Waals surface area contributed by atoms with Gasteiger partial charge in [0.25, 0.3) is 0 Å².